The van der Waals surface area contributed by atoms with E-state index in [9.17, 15) is 9.59 Å². The Kier molecular flexibility index (Phi) is 6.63. The number of carbonyl (C=O) groups excluding carboxylic acids is 2. The first-order chi connectivity index (χ1) is 14.0. The van der Waals surface area contributed by atoms with Crippen LogP contribution in [-0.4, -0.2) is 30.4 Å². The molecule has 0 heterocycles. The quantitative estimate of drug-likeness (QED) is 0.645. The maximum absolute atomic E-state index is 12.6. The molecule has 0 aliphatic heterocycles. The number of nitrogens with one attached hydrogen (secondary N) is 2. The molecule has 3 rings (SSSR count). The van der Waals surface area contributed by atoms with Crippen LogP contribution in [0, 0.1) is 6.92 Å². The van der Waals surface area contributed by atoms with Gasteiger partial charge in [0, 0.05) is 18.4 Å². The van der Waals surface area contributed by atoms with Crippen LogP contribution < -0.4 is 10.6 Å². The molecule has 2 N–H and O–H groups in total. The predicted octanol–water partition coefficient (Wildman–Crippen LogP) is 4.69. The molecule has 0 spiro atoms. The number of benzene rings is 3. The summed E-state index contributed by atoms with van der Waals surface area (Å²) in [5.41, 5.74) is 4.76. The van der Waals surface area contributed by atoms with Crippen molar-refractivity contribution in [3.8, 4) is 0 Å². The molecule has 0 bridgehead atoms. The zero-order valence-electron chi connectivity index (χ0n) is 16.7. The fraction of sp³-hybridized carbons (Fsp3) is 0.167. The molecule has 5 heteroatoms. The fourth-order valence-corrected chi connectivity index (χ4v) is 2.95. The van der Waals surface area contributed by atoms with E-state index < -0.39 is 0 Å². The van der Waals surface area contributed by atoms with Gasteiger partial charge in [0.25, 0.3) is 0 Å². The van der Waals surface area contributed by atoms with Gasteiger partial charge in [-0.05, 0) is 42.7 Å². The first-order valence-electron chi connectivity index (χ1n) is 9.52. The Balaban J connectivity index is 1.59. The minimum absolute atomic E-state index is 0.0411. The summed E-state index contributed by atoms with van der Waals surface area (Å²) in [5, 5.41) is 5.72. The summed E-state index contributed by atoms with van der Waals surface area (Å²) < 4.78 is 0. The summed E-state index contributed by atoms with van der Waals surface area (Å²) in [6.07, 6.45) is 0.717. The van der Waals surface area contributed by atoms with Gasteiger partial charge in [-0.2, -0.15) is 0 Å². The molecule has 0 saturated carbocycles. The Morgan fingerprint density at radius 2 is 1.48 bits per heavy atom. The molecule has 0 radical (unpaired) electrons. The molecule has 3 amide bonds. The molecule has 0 saturated heterocycles. The van der Waals surface area contributed by atoms with E-state index in [0.717, 1.165) is 23.2 Å². The van der Waals surface area contributed by atoms with Crippen LogP contribution in [0.4, 0.5) is 16.2 Å². The number of aryl methyl sites for hydroxylation is 1. The largest absolute Gasteiger partial charge is 0.325 e. The highest BCUT2D eigenvalue weighted by molar-refractivity contribution is 5.97. The number of amides is 3. The van der Waals surface area contributed by atoms with Gasteiger partial charge in [0.1, 0.15) is 6.54 Å². The SMILES string of the molecule is Cc1ccc(NC(=O)CN(C)C(=O)Nc2ccccc2Cc2ccccc2)cc1. The van der Waals surface area contributed by atoms with Crippen LogP contribution in [-0.2, 0) is 11.2 Å². The molecule has 0 unspecified atom stereocenters. The lowest BCUT2D eigenvalue weighted by Crippen LogP contribution is -2.37. The molecule has 0 aliphatic rings. The van der Waals surface area contributed by atoms with E-state index >= 15 is 0 Å². The number of para-hydroxylation sites is 1. The third-order valence-electron chi connectivity index (χ3n) is 4.56. The number of urea groups is 1. The molecule has 3 aromatic rings. The van der Waals surface area contributed by atoms with Crippen molar-refractivity contribution in [3.05, 3.63) is 95.6 Å². The van der Waals surface area contributed by atoms with Gasteiger partial charge in [0.05, 0.1) is 0 Å². The molecule has 29 heavy (non-hydrogen) atoms. The Morgan fingerprint density at radius 3 is 2.21 bits per heavy atom. The lowest BCUT2D eigenvalue weighted by molar-refractivity contribution is -0.116. The summed E-state index contributed by atoms with van der Waals surface area (Å²) in [6, 6.07) is 25.0. The number of anilines is 2. The number of rotatable bonds is 6. The van der Waals surface area contributed by atoms with Gasteiger partial charge in [0.15, 0.2) is 0 Å². The third-order valence-corrected chi connectivity index (χ3v) is 4.56. The van der Waals surface area contributed by atoms with E-state index in [0.29, 0.717) is 5.69 Å². The standard InChI is InChI=1S/C24H25N3O2/c1-18-12-14-21(15-13-18)25-23(28)17-27(2)24(29)26-22-11-7-6-10-20(22)16-19-8-4-3-5-9-19/h3-15H,16-17H2,1-2H3,(H,25,28)(H,26,29). The maximum Gasteiger partial charge on any atom is 0.322 e. The highest BCUT2D eigenvalue weighted by Gasteiger charge is 2.14. The lowest BCUT2D eigenvalue weighted by Gasteiger charge is -2.19. The van der Waals surface area contributed by atoms with Crippen LogP contribution in [0.25, 0.3) is 0 Å². The first-order valence-corrected chi connectivity index (χ1v) is 9.52. The monoisotopic (exact) mass is 387 g/mol. The summed E-state index contributed by atoms with van der Waals surface area (Å²) in [7, 11) is 1.60. The summed E-state index contributed by atoms with van der Waals surface area (Å²) in [6.45, 7) is 1.94. The number of hydrogen-bond acceptors (Lipinski definition) is 2. The molecule has 0 fully saturated rings. The van der Waals surface area contributed by atoms with E-state index in [1.165, 1.54) is 10.5 Å². The van der Waals surface area contributed by atoms with Gasteiger partial charge in [0.2, 0.25) is 5.91 Å². The Labute approximate surface area is 171 Å². The number of nitrogens with zero attached hydrogens (tertiary/aromatic N) is 1. The molecule has 3 aromatic carbocycles. The Bertz CT molecular complexity index is 969. The average molecular weight is 387 g/mol. The van der Waals surface area contributed by atoms with Crippen LogP contribution in [0.3, 0.4) is 0 Å². The van der Waals surface area contributed by atoms with Gasteiger partial charge in [-0.15, -0.1) is 0 Å². The zero-order chi connectivity index (χ0) is 20.6. The van der Waals surface area contributed by atoms with Crippen LogP contribution >= 0.6 is 0 Å². The van der Waals surface area contributed by atoms with E-state index in [1.807, 2.05) is 73.7 Å². The van der Waals surface area contributed by atoms with E-state index in [2.05, 4.69) is 22.8 Å². The van der Waals surface area contributed by atoms with Crippen LogP contribution in [0.15, 0.2) is 78.9 Å². The van der Waals surface area contributed by atoms with Crippen LogP contribution in [0.1, 0.15) is 16.7 Å². The van der Waals surface area contributed by atoms with Crippen molar-refractivity contribution in [1.82, 2.24) is 4.90 Å². The van der Waals surface area contributed by atoms with E-state index in [1.54, 1.807) is 7.05 Å². The predicted molar refractivity (Wildman–Crippen MR) is 117 cm³/mol. The lowest BCUT2D eigenvalue weighted by atomic mass is 10.0. The molecule has 5 nitrogen and oxygen atoms in total. The molecule has 0 aliphatic carbocycles. The zero-order valence-corrected chi connectivity index (χ0v) is 16.7. The second kappa shape index (κ2) is 9.55. The second-order valence-electron chi connectivity index (χ2n) is 7.02. The summed E-state index contributed by atoms with van der Waals surface area (Å²) >= 11 is 0. The van der Waals surface area contributed by atoms with Crippen molar-refractivity contribution in [1.29, 1.82) is 0 Å². The summed E-state index contributed by atoms with van der Waals surface area (Å²) in [4.78, 5) is 26.2. The smallest absolute Gasteiger partial charge is 0.322 e. The minimum atomic E-state index is -0.329. The Hall–Kier alpha value is -3.60. The van der Waals surface area contributed by atoms with Gasteiger partial charge in [-0.3, -0.25) is 4.79 Å². The van der Waals surface area contributed by atoms with Crippen molar-refractivity contribution in [3.63, 3.8) is 0 Å². The van der Waals surface area contributed by atoms with Crippen molar-refractivity contribution in [2.24, 2.45) is 0 Å². The summed E-state index contributed by atoms with van der Waals surface area (Å²) in [5.74, 6) is -0.246. The third kappa shape index (κ3) is 5.94. The van der Waals surface area contributed by atoms with Crippen LogP contribution in [0.2, 0.25) is 0 Å². The van der Waals surface area contributed by atoms with E-state index in [-0.39, 0.29) is 18.5 Å². The molecule has 148 valence electrons. The van der Waals surface area contributed by atoms with Crippen molar-refractivity contribution in [2.45, 2.75) is 13.3 Å². The number of hydrogen-bond donors (Lipinski definition) is 2. The number of carbonyl (C=O) groups is 2. The van der Waals surface area contributed by atoms with Gasteiger partial charge >= 0.3 is 6.03 Å². The van der Waals surface area contributed by atoms with E-state index in [4.69, 9.17) is 0 Å². The highest BCUT2D eigenvalue weighted by Crippen LogP contribution is 2.19. The van der Waals surface area contributed by atoms with Gasteiger partial charge in [-0.1, -0.05) is 66.2 Å². The van der Waals surface area contributed by atoms with Crippen molar-refractivity contribution in [2.75, 3.05) is 24.2 Å². The van der Waals surface area contributed by atoms with Gasteiger partial charge in [-0.25, -0.2) is 4.79 Å². The fourth-order valence-electron chi connectivity index (χ4n) is 2.95. The topological polar surface area (TPSA) is 61.4 Å². The van der Waals surface area contributed by atoms with Crippen molar-refractivity contribution >= 4 is 23.3 Å². The minimum Gasteiger partial charge on any atom is -0.325 e. The van der Waals surface area contributed by atoms with Crippen LogP contribution in [0.5, 0.6) is 0 Å². The average Bonchev–Trinajstić information content (AvgIpc) is 2.72. The second-order valence-corrected chi connectivity index (χ2v) is 7.02. The molecular weight excluding hydrogens is 362 g/mol. The molecule has 0 aromatic heterocycles. The highest BCUT2D eigenvalue weighted by atomic mass is 16.2. The Morgan fingerprint density at radius 1 is 0.828 bits per heavy atom. The molecule has 0 atom stereocenters. The van der Waals surface area contributed by atoms with Gasteiger partial charge < -0.3 is 15.5 Å². The first kappa shape index (κ1) is 20.1. The van der Waals surface area contributed by atoms with Crippen molar-refractivity contribution < 1.29 is 9.59 Å². The maximum atomic E-state index is 12.6. The number of likely N-dealkylation sites (N-methyl/N-ethyl adjacent to an activating group) is 1. The normalized spacial score (nSPS) is 10.3. The molecular formula is C24H25N3O2.